The third-order valence-electron chi connectivity index (χ3n) is 3.43. The average molecular weight is 276 g/mol. The van der Waals surface area contributed by atoms with E-state index in [2.05, 4.69) is 38.8 Å². The van der Waals surface area contributed by atoms with Crippen LogP contribution < -0.4 is 0 Å². The van der Waals surface area contributed by atoms with Crippen molar-refractivity contribution in [2.24, 2.45) is 0 Å². The number of aryl methyl sites for hydroxylation is 1. The lowest BCUT2D eigenvalue weighted by Crippen LogP contribution is -2.40. The minimum absolute atomic E-state index is 0.208. The predicted octanol–water partition coefficient (Wildman–Crippen LogP) is 4.24. The quantitative estimate of drug-likeness (QED) is 0.609. The highest BCUT2D eigenvalue weighted by molar-refractivity contribution is 6.74. The van der Waals surface area contributed by atoms with Crippen LogP contribution >= 0.6 is 11.6 Å². The van der Waals surface area contributed by atoms with Crippen molar-refractivity contribution in [2.75, 3.05) is 0 Å². The predicted molar refractivity (Wildman–Crippen MR) is 72.8 cm³/mol. The van der Waals surface area contributed by atoms with Crippen molar-refractivity contribution in [3.05, 3.63) is 17.3 Å². The summed E-state index contributed by atoms with van der Waals surface area (Å²) in [6.45, 7) is 13.5. The van der Waals surface area contributed by atoms with E-state index in [1.54, 1.807) is 0 Å². The largest absolute Gasteiger partial charge is 0.444 e. The SMILES string of the molecule is Cc1oc(CCl)nc1CO[Si](C)(C)C(C)(C)C. The van der Waals surface area contributed by atoms with Gasteiger partial charge in [-0.25, -0.2) is 4.98 Å². The van der Waals surface area contributed by atoms with Gasteiger partial charge in [0.25, 0.3) is 0 Å². The number of alkyl halides is 1. The molecule has 1 rings (SSSR count). The van der Waals surface area contributed by atoms with E-state index >= 15 is 0 Å². The van der Waals surface area contributed by atoms with Crippen LogP contribution in [0.1, 0.15) is 38.1 Å². The molecule has 0 unspecified atom stereocenters. The van der Waals surface area contributed by atoms with Crippen LogP contribution in [0.5, 0.6) is 0 Å². The van der Waals surface area contributed by atoms with Gasteiger partial charge in [-0.05, 0) is 25.1 Å². The maximum Gasteiger partial charge on any atom is 0.209 e. The molecule has 0 fully saturated rings. The van der Waals surface area contributed by atoms with Gasteiger partial charge in [0.15, 0.2) is 8.32 Å². The van der Waals surface area contributed by atoms with Gasteiger partial charge in [0, 0.05) is 0 Å². The van der Waals surface area contributed by atoms with Gasteiger partial charge < -0.3 is 8.84 Å². The maximum atomic E-state index is 6.09. The summed E-state index contributed by atoms with van der Waals surface area (Å²) < 4.78 is 11.5. The molecule has 1 heterocycles. The number of hydrogen-bond acceptors (Lipinski definition) is 3. The lowest BCUT2D eigenvalue weighted by molar-refractivity contribution is 0.270. The van der Waals surface area contributed by atoms with E-state index in [0.29, 0.717) is 18.4 Å². The lowest BCUT2D eigenvalue weighted by Gasteiger charge is -2.35. The van der Waals surface area contributed by atoms with Crippen molar-refractivity contribution < 1.29 is 8.84 Å². The molecule has 0 atom stereocenters. The molecule has 1 aromatic heterocycles. The molecule has 98 valence electrons. The van der Waals surface area contributed by atoms with E-state index in [4.69, 9.17) is 20.4 Å². The molecule has 0 saturated heterocycles. The Hall–Kier alpha value is -0.323. The Balaban J connectivity index is 2.70. The fourth-order valence-electron chi connectivity index (χ4n) is 1.14. The van der Waals surface area contributed by atoms with Crippen LogP contribution in [0.3, 0.4) is 0 Å². The van der Waals surface area contributed by atoms with Gasteiger partial charge in [-0.1, -0.05) is 20.8 Å². The minimum Gasteiger partial charge on any atom is -0.444 e. The third-order valence-corrected chi connectivity index (χ3v) is 8.13. The monoisotopic (exact) mass is 275 g/mol. The van der Waals surface area contributed by atoms with Gasteiger partial charge in [-0.3, -0.25) is 0 Å². The van der Waals surface area contributed by atoms with Crippen molar-refractivity contribution in [1.29, 1.82) is 0 Å². The molecule has 0 N–H and O–H groups in total. The Morgan fingerprint density at radius 3 is 2.35 bits per heavy atom. The molecule has 0 spiro atoms. The van der Waals surface area contributed by atoms with Gasteiger partial charge in [0.05, 0.1) is 12.5 Å². The molecule has 0 aliphatic rings. The van der Waals surface area contributed by atoms with E-state index in [0.717, 1.165) is 11.5 Å². The molecule has 0 aliphatic heterocycles. The average Bonchev–Trinajstić information content (AvgIpc) is 2.55. The molecule has 17 heavy (non-hydrogen) atoms. The normalized spacial score (nSPS) is 13.1. The summed E-state index contributed by atoms with van der Waals surface area (Å²) in [5, 5.41) is 0.208. The maximum absolute atomic E-state index is 6.09. The Morgan fingerprint density at radius 1 is 1.35 bits per heavy atom. The fraction of sp³-hybridized carbons (Fsp3) is 0.750. The van der Waals surface area contributed by atoms with Crippen molar-refractivity contribution in [2.45, 2.75) is 58.3 Å². The summed E-state index contributed by atoms with van der Waals surface area (Å²) >= 11 is 5.69. The summed E-state index contributed by atoms with van der Waals surface area (Å²) in [6, 6.07) is 0. The molecule has 5 heteroatoms. The fourth-order valence-corrected chi connectivity index (χ4v) is 2.19. The van der Waals surface area contributed by atoms with E-state index in [-0.39, 0.29) is 5.04 Å². The molecule has 0 aromatic carbocycles. The van der Waals surface area contributed by atoms with E-state index < -0.39 is 8.32 Å². The number of nitrogens with zero attached hydrogens (tertiary/aromatic N) is 1. The van der Waals surface area contributed by atoms with Crippen LogP contribution in [0.25, 0.3) is 0 Å². The minimum atomic E-state index is -1.73. The summed E-state index contributed by atoms with van der Waals surface area (Å²) in [7, 11) is -1.73. The zero-order valence-corrected chi connectivity index (χ0v) is 13.3. The second-order valence-corrected chi connectivity index (χ2v) is 10.9. The number of aromatic nitrogens is 1. The second kappa shape index (κ2) is 5.12. The smallest absolute Gasteiger partial charge is 0.209 e. The summed E-state index contributed by atoms with van der Waals surface area (Å²) in [5.74, 6) is 1.68. The third kappa shape index (κ3) is 3.57. The van der Waals surface area contributed by atoms with E-state index in [1.165, 1.54) is 0 Å². The standard InChI is InChI=1S/C12H22ClNO2Si/c1-9-10(14-11(7-13)16-9)8-15-17(5,6)12(2,3)4/h7-8H2,1-6H3. The topological polar surface area (TPSA) is 35.3 Å². The molecule has 3 nitrogen and oxygen atoms in total. The highest BCUT2D eigenvalue weighted by Crippen LogP contribution is 2.37. The summed E-state index contributed by atoms with van der Waals surface area (Å²) in [4.78, 5) is 4.31. The molecular weight excluding hydrogens is 254 g/mol. The first kappa shape index (κ1) is 14.7. The van der Waals surface area contributed by atoms with Gasteiger partial charge in [0.2, 0.25) is 5.89 Å². The Kier molecular flexibility index (Phi) is 4.44. The zero-order chi connectivity index (χ0) is 13.3. The second-order valence-electron chi connectivity index (χ2n) is 5.79. The van der Waals surface area contributed by atoms with Gasteiger partial charge in [-0.2, -0.15) is 0 Å². The van der Waals surface area contributed by atoms with Crippen LogP contribution in [-0.2, 0) is 16.9 Å². The number of hydrogen-bond donors (Lipinski definition) is 0. The number of oxazole rings is 1. The molecular formula is C12H22ClNO2Si. The first-order chi connectivity index (χ1) is 7.67. The van der Waals surface area contributed by atoms with E-state index in [9.17, 15) is 0 Å². The van der Waals surface area contributed by atoms with Crippen molar-refractivity contribution in [1.82, 2.24) is 4.98 Å². The Bertz CT molecular complexity index is 382. The van der Waals surface area contributed by atoms with Crippen molar-refractivity contribution >= 4 is 19.9 Å². The lowest BCUT2D eigenvalue weighted by atomic mass is 10.2. The van der Waals surface area contributed by atoms with Gasteiger partial charge in [0.1, 0.15) is 11.5 Å². The highest BCUT2D eigenvalue weighted by Gasteiger charge is 2.37. The molecule has 1 aromatic rings. The highest BCUT2D eigenvalue weighted by atomic mass is 35.5. The van der Waals surface area contributed by atoms with Gasteiger partial charge >= 0.3 is 0 Å². The zero-order valence-electron chi connectivity index (χ0n) is 11.6. The summed E-state index contributed by atoms with van der Waals surface area (Å²) in [6.07, 6.45) is 0. The van der Waals surface area contributed by atoms with Crippen LogP contribution in [0.2, 0.25) is 18.1 Å². The van der Waals surface area contributed by atoms with Crippen LogP contribution in [0, 0.1) is 6.92 Å². The Labute approximate surface area is 110 Å². The molecule has 0 radical (unpaired) electrons. The van der Waals surface area contributed by atoms with Crippen molar-refractivity contribution in [3.8, 4) is 0 Å². The van der Waals surface area contributed by atoms with E-state index in [1.807, 2.05) is 6.92 Å². The summed E-state index contributed by atoms with van der Waals surface area (Å²) in [5.41, 5.74) is 0.866. The van der Waals surface area contributed by atoms with Gasteiger partial charge in [-0.15, -0.1) is 11.6 Å². The number of halogens is 1. The van der Waals surface area contributed by atoms with Crippen LogP contribution in [-0.4, -0.2) is 13.3 Å². The molecule has 0 aliphatic carbocycles. The molecule has 0 saturated carbocycles. The first-order valence-corrected chi connectivity index (χ1v) is 9.27. The molecule has 0 amide bonds. The first-order valence-electron chi connectivity index (χ1n) is 5.82. The van der Waals surface area contributed by atoms with Crippen LogP contribution in [0.15, 0.2) is 4.42 Å². The molecule has 0 bridgehead atoms. The Morgan fingerprint density at radius 2 is 1.94 bits per heavy atom. The van der Waals surface area contributed by atoms with Crippen molar-refractivity contribution in [3.63, 3.8) is 0 Å². The van der Waals surface area contributed by atoms with Crippen LogP contribution in [0.4, 0.5) is 0 Å². The number of rotatable bonds is 4.